The Morgan fingerprint density at radius 2 is 1.76 bits per heavy atom. The Morgan fingerprint density at radius 3 is 2.29 bits per heavy atom. The van der Waals surface area contributed by atoms with E-state index in [0.29, 0.717) is 6.66 Å². The lowest BCUT2D eigenvalue weighted by Gasteiger charge is -2.35. The van der Waals surface area contributed by atoms with Crippen LogP contribution in [0.4, 0.5) is 0 Å². The number of hydrogen-bond donors (Lipinski definition) is 3. The smallest absolute Gasteiger partial charge is 0.263 e. The zero-order valence-corrected chi connectivity index (χ0v) is 12.9. The van der Waals surface area contributed by atoms with E-state index in [9.17, 15) is 24.0 Å². The van der Waals surface area contributed by atoms with Crippen molar-refractivity contribution in [1.29, 1.82) is 0 Å². The summed E-state index contributed by atoms with van der Waals surface area (Å²) in [5.74, 6) is 0. The molecule has 0 saturated carbocycles. The van der Waals surface area contributed by atoms with Crippen LogP contribution in [0.5, 0.6) is 0 Å². The number of pyridine rings is 1. The first-order chi connectivity index (χ1) is 9.54. The molecule has 0 amide bonds. The summed E-state index contributed by atoms with van der Waals surface area (Å²) in [6.45, 7) is -0.0607. The Bertz CT molecular complexity index is 743. The number of fused-ring (bicyclic) bond motifs is 1. The number of rotatable bonds is 4. The Balaban J connectivity index is 2.49. The SMILES string of the molecule is CP(=O)(O)C(O)(C[n+]1ccc2ccccc2c1)P(=O)([O-])O. The molecule has 1 heterocycles. The van der Waals surface area contributed by atoms with Crippen LogP contribution in [-0.4, -0.2) is 26.6 Å². The number of aromatic nitrogens is 1. The summed E-state index contributed by atoms with van der Waals surface area (Å²) < 4.78 is 24.3. The van der Waals surface area contributed by atoms with Crippen LogP contribution in [0, 0.1) is 0 Å². The van der Waals surface area contributed by atoms with Crippen LogP contribution >= 0.6 is 15.0 Å². The highest BCUT2D eigenvalue weighted by Gasteiger charge is 2.54. The fraction of sp³-hybridized carbons (Fsp3) is 0.250. The Labute approximate surface area is 121 Å². The third-order valence-electron chi connectivity index (χ3n) is 3.26. The van der Waals surface area contributed by atoms with Crippen molar-refractivity contribution >= 4 is 25.7 Å². The van der Waals surface area contributed by atoms with Crippen molar-refractivity contribution in [2.45, 2.75) is 11.6 Å². The van der Waals surface area contributed by atoms with Gasteiger partial charge in [0.1, 0.15) is 0 Å². The molecule has 2 aromatic rings. The number of aliphatic hydroxyl groups is 1. The maximum absolute atomic E-state index is 11.7. The molecular weight excluding hydrogens is 316 g/mol. The molecule has 3 atom stereocenters. The summed E-state index contributed by atoms with van der Waals surface area (Å²) in [5.41, 5.74) is 0. The Hall–Kier alpha value is -1.07. The summed E-state index contributed by atoms with van der Waals surface area (Å²) in [6, 6.07) is 8.88. The molecule has 9 heteroatoms. The number of hydrogen-bond acceptors (Lipinski definition) is 4. The first-order valence-electron chi connectivity index (χ1n) is 5.99. The maximum Gasteiger partial charge on any atom is 0.263 e. The highest BCUT2D eigenvalue weighted by molar-refractivity contribution is 7.74. The minimum absolute atomic E-state index is 0.690. The summed E-state index contributed by atoms with van der Waals surface area (Å²) in [5, 5.41) is 8.56. The molecule has 21 heavy (non-hydrogen) atoms. The average molecular weight is 331 g/mol. The molecule has 3 N–H and O–H groups in total. The molecule has 2 rings (SSSR count). The van der Waals surface area contributed by atoms with Gasteiger partial charge < -0.3 is 24.4 Å². The first kappa shape index (κ1) is 16.3. The van der Waals surface area contributed by atoms with Crippen LogP contribution < -0.4 is 9.46 Å². The van der Waals surface area contributed by atoms with E-state index in [4.69, 9.17) is 4.89 Å². The van der Waals surface area contributed by atoms with Gasteiger partial charge in [-0.1, -0.05) is 18.2 Å². The van der Waals surface area contributed by atoms with Gasteiger partial charge in [0.25, 0.3) is 5.08 Å². The Kier molecular flexibility index (Phi) is 4.10. The van der Waals surface area contributed by atoms with Crippen LogP contribution in [-0.2, 0) is 15.7 Å². The van der Waals surface area contributed by atoms with E-state index in [1.54, 1.807) is 18.2 Å². The monoisotopic (exact) mass is 331 g/mol. The van der Waals surface area contributed by atoms with Crippen molar-refractivity contribution in [3.8, 4) is 0 Å². The number of benzene rings is 1. The summed E-state index contributed by atoms with van der Waals surface area (Å²) in [4.78, 5) is 30.0. The van der Waals surface area contributed by atoms with Crippen molar-refractivity contribution in [3.63, 3.8) is 0 Å². The van der Waals surface area contributed by atoms with Gasteiger partial charge in [-0.25, -0.2) is 4.57 Å². The summed E-state index contributed by atoms with van der Waals surface area (Å²) >= 11 is 0. The second-order valence-corrected chi connectivity index (χ2v) is 9.55. The molecule has 0 aliphatic rings. The zero-order chi connectivity index (χ0) is 15.9. The van der Waals surface area contributed by atoms with Gasteiger partial charge in [0.2, 0.25) is 7.37 Å². The zero-order valence-electron chi connectivity index (χ0n) is 11.2. The van der Waals surface area contributed by atoms with Crippen LogP contribution in [0.3, 0.4) is 0 Å². The van der Waals surface area contributed by atoms with Gasteiger partial charge in [0.05, 0.1) is 0 Å². The molecule has 114 valence electrons. The largest absolute Gasteiger partial charge is 0.776 e. The third kappa shape index (κ3) is 3.09. The minimum atomic E-state index is -5.46. The minimum Gasteiger partial charge on any atom is -0.776 e. The molecule has 0 saturated heterocycles. The molecule has 1 aromatic heterocycles. The lowest BCUT2D eigenvalue weighted by Crippen LogP contribution is -2.48. The second-order valence-electron chi connectivity index (χ2n) is 4.92. The van der Waals surface area contributed by atoms with Gasteiger partial charge in [0.15, 0.2) is 26.5 Å². The highest BCUT2D eigenvalue weighted by Crippen LogP contribution is 2.65. The molecule has 1 aromatic carbocycles. The standard InChI is InChI=1S/C12H15NO6P2/c1-20(15,16)12(14,21(17,18)19)9-13-7-6-10-4-2-3-5-11(10)8-13/h2-8,14H,9H2,1H3,(H2-,15,16,17,18,19). The van der Waals surface area contributed by atoms with Gasteiger partial charge >= 0.3 is 0 Å². The van der Waals surface area contributed by atoms with Crippen LogP contribution in [0.25, 0.3) is 10.8 Å². The molecule has 0 aliphatic heterocycles. The van der Waals surface area contributed by atoms with Crippen molar-refractivity contribution in [2.75, 3.05) is 6.66 Å². The predicted octanol–water partition coefficient (Wildman–Crippen LogP) is 0.219. The predicted molar refractivity (Wildman–Crippen MR) is 74.7 cm³/mol. The fourth-order valence-electron chi connectivity index (χ4n) is 1.98. The van der Waals surface area contributed by atoms with E-state index < -0.39 is 26.6 Å². The van der Waals surface area contributed by atoms with E-state index in [0.717, 1.165) is 10.8 Å². The topological polar surface area (TPSA) is 122 Å². The average Bonchev–Trinajstić information content (AvgIpc) is 2.36. The van der Waals surface area contributed by atoms with Crippen molar-refractivity contribution in [1.82, 2.24) is 0 Å². The Morgan fingerprint density at radius 1 is 1.19 bits per heavy atom. The third-order valence-corrected chi connectivity index (χ3v) is 7.65. The van der Waals surface area contributed by atoms with Crippen LogP contribution in [0.2, 0.25) is 0 Å². The molecule has 0 fully saturated rings. The molecule has 7 nitrogen and oxygen atoms in total. The van der Waals surface area contributed by atoms with Gasteiger partial charge in [0, 0.05) is 18.1 Å². The van der Waals surface area contributed by atoms with Crippen molar-refractivity contribution < 1.29 is 33.5 Å². The van der Waals surface area contributed by atoms with Crippen molar-refractivity contribution in [3.05, 3.63) is 42.7 Å². The molecule has 0 radical (unpaired) electrons. The van der Waals surface area contributed by atoms with E-state index >= 15 is 0 Å². The highest BCUT2D eigenvalue weighted by atomic mass is 31.2. The molecule has 0 aliphatic carbocycles. The molecule has 0 bridgehead atoms. The van der Waals surface area contributed by atoms with Crippen molar-refractivity contribution in [2.24, 2.45) is 0 Å². The van der Waals surface area contributed by atoms with Gasteiger partial charge in [-0.15, -0.1) is 0 Å². The summed E-state index contributed by atoms with van der Waals surface area (Å²) in [6.07, 6.45) is 2.98. The van der Waals surface area contributed by atoms with E-state index in [-0.39, 0.29) is 0 Å². The maximum atomic E-state index is 11.7. The quantitative estimate of drug-likeness (QED) is 0.544. The van der Waals surface area contributed by atoms with Crippen LogP contribution in [0.15, 0.2) is 42.7 Å². The molecule has 3 unspecified atom stereocenters. The van der Waals surface area contributed by atoms with Crippen LogP contribution in [0.1, 0.15) is 0 Å². The van der Waals surface area contributed by atoms with E-state index in [2.05, 4.69) is 0 Å². The molecular formula is C12H15NO6P2. The molecule has 0 spiro atoms. The van der Waals surface area contributed by atoms with Gasteiger partial charge in [-0.3, -0.25) is 4.57 Å². The fourth-order valence-corrected chi connectivity index (χ4v) is 4.62. The first-order valence-corrected chi connectivity index (χ1v) is 9.67. The van der Waals surface area contributed by atoms with Gasteiger partial charge in [-0.2, -0.15) is 0 Å². The lowest BCUT2D eigenvalue weighted by atomic mass is 10.2. The normalized spacial score (nSPS) is 20.4. The number of nitrogens with zero attached hydrogens (tertiary/aromatic N) is 1. The van der Waals surface area contributed by atoms with E-state index in [1.807, 2.05) is 12.1 Å². The lowest BCUT2D eigenvalue weighted by molar-refractivity contribution is -0.702. The van der Waals surface area contributed by atoms with Gasteiger partial charge in [-0.05, 0) is 11.5 Å². The van der Waals surface area contributed by atoms with E-state index in [1.165, 1.54) is 17.0 Å². The second kappa shape index (κ2) is 5.29. The summed E-state index contributed by atoms with van der Waals surface area (Å²) in [7, 11) is -9.99.